The molecule has 4 nitrogen and oxygen atoms in total. The Balaban J connectivity index is 2.35. The highest BCUT2D eigenvalue weighted by atomic mass is 16.4. The lowest BCUT2D eigenvalue weighted by molar-refractivity contribution is 0.0664. The van der Waals surface area contributed by atoms with E-state index >= 15 is 0 Å². The molecule has 0 unspecified atom stereocenters. The molecule has 0 atom stereocenters. The number of furan rings is 1. The van der Waals surface area contributed by atoms with Crippen molar-refractivity contribution in [2.45, 2.75) is 33.6 Å². The first kappa shape index (κ1) is 13.6. The second kappa shape index (κ2) is 4.58. The van der Waals surface area contributed by atoms with Crippen LogP contribution >= 0.6 is 0 Å². The summed E-state index contributed by atoms with van der Waals surface area (Å²) in [5.74, 6) is -1.13. The van der Waals surface area contributed by atoms with Gasteiger partial charge in [0.15, 0.2) is 5.78 Å². The Kier molecular flexibility index (Phi) is 2.97. The first-order valence-corrected chi connectivity index (χ1v) is 7.01. The zero-order valence-corrected chi connectivity index (χ0v) is 12.2. The van der Waals surface area contributed by atoms with E-state index in [0.717, 1.165) is 35.1 Å². The van der Waals surface area contributed by atoms with E-state index in [1.54, 1.807) is 0 Å². The summed E-state index contributed by atoms with van der Waals surface area (Å²) >= 11 is 0. The van der Waals surface area contributed by atoms with Crippen molar-refractivity contribution in [1.29, 1.82) is 0 Å². The number of carbonyl (C=O) groups is 2. The van der Waals surface area contributed by atoms with Crippen molar-refractivity contribution < 1.29 is 19.1 Å². The molecule has 0 bridgehead atoms. The van der Waals surface area contributed by atoms with Crippen LogP contribution in [0.4, 0.5) is 0 Å². The summed E-state index contributed by atoms with van der Waals surface area (Å²) in [4.78, 5) is 23.7. The Labute approximate surface area is 122 Å². The Bertz CT molecular complexity index is 821. The summed E-state index contributed by atoms with van der Waals surface area (Å²) in [6.07, 6.45) is 3.52. The summed E-state index contributed by atoms with van der Waals surface area (Å²) in [7, 11) is 0. The van der Waals surface area contributed by atoms with Crippen molar-refractivity contribution >= 4 is 28.8 Å². The molecular weight excluding hydrogens is 268 g/mol. The fourth-order valence-corrected chi connectivity index (χ4v) is 2.97. The molecule has 108 valence electrons. The summed E-state index contributed by atoms with van der Waals surface area (Å²) in [5, 5.41) is 9.82. The number of carboxylic acid groups (broad SMARTS) is 1. The minimum Gasteiger partial charge on any atom is -0.475 e. The molecule has 0 saturated carbocycles. The highest BCUT2D eigenvalue weighted by Crippen LogP contribution is 2.39. The van der Waals surface area contributed by atoms with Crippen LogP contribution in [0, 0.1) is 13.8 Å². The van der Waals surface area contributed by atoms with E-state index in [4.69, 9.17) is 9.52 Å². The standard InChI is InChI=1S/C17H16O4/c1-4-5-10-6-11-12-7-13(17(19)20)21-16(12)9(3)8(2)14(11)15(10)18/h6-7H,4-5H2,1-3H3,(H,19,20). The predicted octanol–water partition coefficient (Wildman–Crippen LogP) is 4.13. The molecule has 0 radical (unpaired) electrons. The number of hydrogen-bond donors (Lipinski definition) is 1. The molecule has 21 heavy (non-hydrogen) atoms. The van der Waals surface area contributed by atoms with E-state index in [9.17, 15) is 9.59 Å². The van der Waals surface area contributed by atoms with Crippen LogP contribution in [0.15, 0.2) is 16.1 Å². The third-order valence-corrected chi connectivity index (χ3v) is 4.14. The van der Waals surface area contributed by atoms with Gasteiger partial charge in [-0.2, -0.15) is 0 Å². The van der Waals surface area contributed by atoms with Gasteiger partial charge in [0.2, 0.25) is 5.76 Å². The molecule has 1 aromatic heterocycles. The largest absolute Gasteiger partial charge is 0.475 e. The average Bonchev–Trinajstić information content (AvgIpc) is 3.00. The van der Waals surface area contributed by atoms with Gasteiger partial charge in [-0.25, -0.2) is 4.79 Å². The maximum absolute atomic E-state index is 12.5. The van der Waals surface area contributed by atoms with Crippen LogP contribution in [0.1, 0.15) is 57.4 Å². The van der Waals surface area contributed by atoms with E-state index in [0.29, 0.717) is 16.5 Å². The smallest absolute Gasteiger partial charge is 0.371 e. The van der Waals surface area contributed by atoms with Gasteiger partial charge in [0.05, 0.1) is 0 Å². The molecule has 0 aliphatic heterocycles. The van der Waals surface area contributed by atoms with Crippen molar-refractivity contribution in [2.24, 2.45) is 0 Å². The van der Waals surface area contributed by atoms with Crippen molar-refractivity contribution in [3.05, 3.63) is 39.7 Å². The van der Waals surface area contributed by atoms with Crippen LogP contribution in [0.5, 0.6) is 0 Å². The van der Waals surface area contributed by atoms with Gasteiger partial charge in [-0.05, 0) is 49.1 Å². The molecule has 1 N–H and O–H groups in total. The number of benzene rings is 1. The molecular formula is C17H16O4. The Morgan fingerprint density at radius 1 is 1.29 bits per heavy atom. The number of rotatable bonds is 3. The van der Waals surface area contributed by atoms with Gasteiger partial charge in [0.25, 0.3) is 0 Å². The average molecular weight is 284 g/mol. The second-order valence-corrected chi connectivity index (χ2v) is 5.45. The molecule has 0 spiro atoms. The number of ketones is 1. The first-order valence-electron chi connectivity index (χ1n) is 7.01. The van der Waals surface area contributed by atoms with Gasteiger partial charge in [0, 0.05) is 16.5 Å². The maximum atomic E-state index is 12.5. The number of carboxylic acids is 1. The summed E-state index contributed by atoms with van der Waals surface area (Å²) in [6, 6.07) is 1.52. The van der Waals surface area contributed by atoms with E-state index < -0.39 is 5.97 Å². The molecule has 1 heterocycles. The number of Topliss-reactive ketones (excluding diaryl/α,β-unsaturated/α-hetero) is 1. The van der Waals surface area contributed by atoms with Gasteiger partial charge in [-0.3, -0.25) is 4.79 Å². The third kappa shape index (κ3) is 1.82. The monoisotopic (exact) mass is 284 g/mol. The van der Waals surface area contributed by atoms with Crippen LogP contribution < -0.4 is 0 Å². The second-order valence-electron chi connectivity index (χ2n) is 5.45. The number of hydrogen-bond acceptors (Lipinski definition) is 3. The van der Waals surface area contributed by atoms with E-state index in [2.05, 4.69) is 0 Å². The molecule has 3 rings (SSSR count). The van der Waals surface area contributed by atoms with Crippen molar-refractivity contribution in [1.82, 2.24) is 0 Å². The Morgan fingerprint density at radius 3 is 2.62 bits per heavy atom. The Morgan fingerprint density at radius 2 is 2.00 bits per heavy atom. The number of aryl methyl sites for hydroxylation is 1. The van der Waals surface area contributed by atoms with Gasteiger partial charge in [-0.15, -0.1) is 0 Å². The van der Waals surface area contributed by atoms with Crippen molar-refractivity contribution in [3.63, 3.8) is 0 Å². The number of fused-ring (bicyclic) bond motifs is 3. The van der Waals surface area contributed by atoms with Crippen LogP contribution in [0.3, 0.4) is 0 Å². The molecule has 1 aliphatic carbocycles. The lowest BCUT2D eigenvalue weighted by Crippen LogP contribution is -2.03. The van der Waals surface area contributed by atoms with E-state index in [1.807, 2.05) is 26.8 Å². The zero-order valence-electron chi connectivity index (χ0n) is 12.2. The minimum atomic E-state index is -1.10. The lowest BCUT2D eigenvalue weighted by Gasteiger charge is -2.08. The Hall–Kier alpha value is -2.36. The molecule has 1 aromatic carbocycles. The van der Waals surface area contributed by atoms with Crippen molar-refractivity contribution in [3.8, 4) is 0 Å². The molecule has 0 fully saturated rings. The lowest BCUT2D eigenvalue weighted by atomic mass is 9.94. The van der Waals surface area contributed by atoms with E-state index in [1.165, 1.54) is 6.07 Å². The summed E-state index contributed by atoms with van der Waals surface area (Å²) in [6.45, 7) is 5.78. The SMILES string of the molecule is CCCC1=Cc2c(c(C)c(C)c3oc(C(=O)O)cc23)C1=O. The number of carbonyl (C=O) groups excluding carboxylic acids is 1. The summed E-state index contributed by atoms with van der Waals surface area (Å²) < 4.78 is 5.46. The molecule has 0 amide bonds. The zero-order chi connectivity index (χ0) is 15.3. The van der Waals surface area contributed by atoms with Gasteiger partial charge < -0.3 is 9.52 Å². The van der Waals surface area contributed by atoms with Crippen LogP contribution in [-0.4, -0.2) is 16.9 Å². The van der Waals surface area contributed by atoms with Crippen LogP contribution in [0.2, 0.25) is 0 Å². The van der Waals surface area contributed by atoms with Crippen molar-refractivity contribution in [2.75, 3.05) is 0 Å². The molecule has 4 heteroatoms. The first-order chi connectivity index (χ1) is 9.95. The fraction of sp³-hybridized carbons (Fsp3) is 0.294. The predicted molar refractivity (Wildman–Crippen MR) is 79.9 cm³/mol. The highest BCUT2D eigenvalue weighted by molar-refractivity contribution is 6.22. The fourth-order valence-electron chi connectivity index (χ4n) is 2.97. The van der Waals surface area contributed by atoms with Crippen LogP contribution in [-0.2, 0) is 0 Å². The summed E-state index contributed by atoms with van der Waals surface area (Å²) in [5.41, 5.74) is 4.55. The number of aromatic carboxylic acids is 1. The molecule has 0 saturated heterocycles. The highest BCUT2D eigenvalue weighted by Gasteiger charge is 2.29. The van der Waals surface area contributed by atoms with Gasteiger partial charge >= 0.3 is 5.97 Å². The van der Waals surface area contributed by atoms with Crippen LogP contribution in [0.25, 0.3) is 17.0 Å². The van der Waals surface area contributed by atoms with Gasteiger partial charge in [0.1, 0.15) is 5.58 Å². The normalized spacial score (nSPS) is 13.7. The quantitative estimate of drug-likeness (QED) is 0.920. The van der Waals surface area contributed by atoms with Gasteiger partial charge in [-0.1, -0.05) is 13.3 Å². The maximum Gasteiger partial charge on any atom is 0.371 e. The molecule has 1 aliphatic rings. The molecule has 2 aromatic rings. The minimum absolute atomic E-state index is 0.0624. The topological polar surface area (TPSA) is 67.5 Å². The number of allylic oxidation sites excluding steroid dienone is 1. The third-order valence-electron chi connectivity index (χ3n) is 4.14. The van der Waals surface area contributed by atoms with E-state index in [-0.39, 0.29) is 11.5 Å².